The van der Waals surface area contributed by atoms with Gasteiger partial charge in [0, 0.05) is 23.3 Å². The number of hydrogen-bond acceptors (Lipinski definition) is 3. The van der Waals surface area contributed by atoms with Gasteiger partial charge in [-0.05, 0) is 49.4 Å². The first-order chi connectivity index (χ1) is 11.2. The van der Waals surface area contributed by atoms with Gasteiger partial charge in [-0.3, -0.25) is 9.48 Å². The van der Waals surface area contributed by atoms with Crippen LogP contribution in [0.15, 0.2) is 59.2 Å². The third kappa shape index (κ3) is 3.60. The highest BCUT2D eigenvalue weighted by Gasteiger charge is 2.07. The van der Waals surface area contributed by atoms with Crippen molar-refractivity contribution in [1.82, 2.24) is 9.78 Å². The van der Waals surface area contributed by atoms with Crippen molar-refractivity contribution in [2.24, 2.45) is 0 Å². The smallest absolute Gasteiger partial charge is 0.206 e. The zero-order valence-corrected chi connectivity index (χ0v) is 13.3. The normalized spacial score (nSPS) is 11.2. The average molecular weight is 327 g/mol. The van der Waals surface area contributed by atoms with Crippen molar-refractivity contribution < 1.29 is 9.21 Å². The SMILES string of the molecule is CCn1ccc(C(=O)/C=C/c2ccc(-c3cccc(Cl)c3)o2)n1. The molecule has 5 heteroatoms. The second kappa shape index (κ2) is 6.67. The molecule has 0 saturated carbocycles. The molecule has 0 unspecified atom stereocenters. The Morgan fingerprint density at radius 2 is 2.17 bits per heavy atom. The standard InChI is InChI=1S/C18H15ClN2O2/c1-2-21-11-10-16(20-21)17(22)8-6-15-7-9-18(23-15)13-4-3-5-14(19)12-13/h3-12H,2H2,1H3/b8-6+. The molecule has 0 amide bonds. The summed E-state index contributed by atoms with van der Waals surface area (Å²) in [6.45, 7) is 2.70. The molecule has 0 N–H and O–H groups in total. The van der Waals surface area contributed by atoms with E-state index in [9.17, 15) is 4.79 Å². The Balaban J connectivity index is 1.74. The molecule has 0 saturated heterocycles. The number of benzene rings is 1. The van der Waals surface area contributed by atoms with E-state index in [4.69, 9.17) is 16.0 Å². The molecule has 0 radical (unpaired) electrons. The van der Waals surface area contributed by atoms with Crippen molar-refractivity contribution in [2.75, 3.05) is 0 Å². The van der Waals surface area contributed by atoms with Crippen LogP contribution in [0.2, 0.25) is 5.02 Å². The lowest BCUT2D eigenvalue weighted by Crippen LogP contribution is -1.99. The molecule has 0 bridgehead atoms. The molecule has 0 aliphatic carbocycles. The topological polar surface area (TPSA) is 48.0 Å². The Morgan fingerprint density at radius 3 is 2.91 bits per heavy atom. The number of hydrogen-bond donors (Lipinski definition) is 0. The van der Waals surface area contributed by atoms with Crippen molar-refractivity contribution in [2.45, 2.75) is 13.5 Å². The first-order valence-electron chi connectivity index (χ1n) is 7.27. The highest BCUT2D eigenvalue weighted by Crippen LogP contribution is 2.25. The van der Waals surface area contributed by atoms with Gasteiger partial charge in [-0.25, -0.2) is 0 Å². The molecule has 3 rings (SSSR count). The summed E-state index contributed by atoms with van der Waals surface area (Å²) in [6, 6.07) is 12.8. The second-order valence-corrected chi connectivity index (χ2v) is 5.40. The predicted octanol–water partition coefficient (Wildman–Crippen LogP) is 4.71. The number of aromatic nitrogens is 2. The molecule has 4 nitrogen and oxygen atoms in total. The molecular weight excluding hydrogens is 312 g/mol. The van der Waals surface area contributed by atoms with E-state index in [2.05, 4.69) is 5.10 Å². The lowest BCUT2D eigenvalue weighted by molar-refractivity contribution is 0.104. The largest absolute Gasteiger partial charge is 0.457 e. The quantitative estimate of drug-likeness (QED) is 0.504. The van der Waals surface area contributed by atoms with Gasteiger partial charge < -0.3 is 4.42 Å². The maximum Gasteiger partial charge on any atom is 0.206 e. The summed E-state index contributed by atoms with van der Waals surface area (Å²) in [5.41, 5.74) is 1.31. The highest BCUT2D eigenvalue weighted by molar-refractivity contribution is 6.30. The summed E-state index contributed by atoms with van der Waals surface area (Å²) in [4.78, 5) is 12.0. The van der Waals surface area contributed by atoms with Crippen LogP contribution in [0.3, 0.4) is 0 Å². The fourth-order valence-electron chi connectivity index (χ4n) is 2.15. The van der Waals surface area contributed by atoms with Gasteiger partial charge in [0.1, 0.15) is 17.2 Å². The maximum absolute atomic E-state index is 12.0. The number of rotatable bonds is 5. The Kier molecular flexibility index (Phi) is 4.44. The monoisotopic (exact) mass is 326 g/mol. The number of halogens is 1. The Bertz CT molecular complexity index is 861. The number of aryl methyl sites for hydroxylation is 1. The van der Waals surface area contributed by atoms with Crippen LogP contribution in [-0.2, 0) is 6.54 Å². The Labute approximate surface area is 139 Å². The molecule has 1 aromatic carbocycles. The van der Waals surface area contributed by atoms with Crippen LogP contribution in [0.4, 0.5) is 0 Å². The molecule has 116 valence electrons. The summed E-state index contributed by atoms with van der Waals surface area (Å²) in [7, 11) is 0. The third-order valence-electron chi connectivity index (χ3n) is 3.35. The van der Waals surface area contributed by atoms with E-state index < -0.39 is 0 Å². The van der Waals surface area contributed by atoms with Gasteiger partial charge in [0.15, 0.2) is 0 Å². The lowest BCUT2D eigenvalue weighted by atomic mass is 10.2. The number of furan rings is 1. The molecule has 0 atom stereocenters. The van der Waals surface area contributed by atoms with Gasteiger partial charge in [-0.15, -0.1) is 0 Å². The van der Waals surface area contributed by atoms with Crippen LogP contribution in [0.25, 0.3) is 17.4 Å². The Hall–Kier alpha value is -2.59. The van der Waals surface area contributed by atoms with E-state index in [1.807, 2.05) is 43.3 Å². The van der Waals surface area contributed by atoms with Gasteiger partial charge in [-0.2, -0.15) is 5.10 Å². The zero-order valence-electron chi connectivity index (χ0n) is 12.6. The fraction of sp³-hybridized carbons (Fsp3) is 0.111. The number of allylic oxidation sites excluding steroid dienone is 1. The minimum atomic E-state index is -0.155. The van der Waals surface area contributed by atoms with Crippen LogP contribution < -0.4 is 0 Å². The minimum absolute atomic E-state index is 0.155. The average Bonchev–Trinajstić information content (AvgIpc) is 3.22. The van der Waals surface area contributed by atoms with Crippen LogP contribution in [0.1, 0.15) is 23.2 Å². The van der Waals surface area contributed by atoms with Gasteiger partial charge >= 0.3 is 0 Å². The van der Waals surface area contributed by atoms with Crippen LogP contribution >= 0.6 is 11.6 Å². The molecule has 2 heterocycles. The van der Waals surface area contributed by atoms with E-state index in [0.29, 0.717) is 22.2 Å². The second-order valence-electron chi connectivity index (χ2n) is 4.97. The molecule has 2 aromatic heterocycles. The van der Waals surface area contributed by atoms with Crippen LogP contribution in [0.5, 0.6) is 0 Å². The Morgan fingerprint density at radius 1 is 1.30 bits per heavy atom. The first-order valence-corrected chi connectivity index (χ1v) is 7.65. The summed E-state index contributed by atoms with van der Waals surface area (Å²) >= 11 is 5.98. The van der Waals surface area contributed by atoms with Crippen molar-refractivity contribution in [3.8, 4) is 11.3 Å². The summed E-state index contributed by atoms with van der Waals surface area (Å²) in [5, 5.41) is 4.82. The number of nitrogens with zero attached hydrogens (tertiary/aromatic N) is 2. The van der Waals surface area contributed by atoms with Crippen molar-refractivity contribution in [3.63, 3.8) is 0 Å². The lowest BCUT2D eigenvalue weighted by Gasteiger charge is -1.96. The van der Waals surface area contributed by atoms with Crippen LogP contribution in [-0.4, -0.2) is 15.6 Å². The third-order valence-corrected chi connectivity index (χ3v) is 3.59. The van der Waals surface area contributed by atoms with Gasteiger partial charge in [0.2, 0.25) is 5.78 Å². The molecule has 3 aromatic rings. The maximum atomic E-state index is 12.0. The van der Waals surface area contributed by atoms with Crippen molar-refractivity contribution in [3.05, 3.63) is 71.2 Å². The van der Waals surface area contributed by atoms with Gasteiger partial charge in [-0.1, -0.05) is 23.7 Å². The molecule has 23 heavy (non-hydrogen) atoms. The van der Waals surface area contributed by atoms with E-state index in [0.717, 1.165) is 12.1 Å². The molecule has 0 spiro atoms. The van der Waals surface area contributed by atoms with Crippen molar-refractivity contribution in [1.29, 1.82) is 0 Å². The molecule has 0 aliphatic heterocycles. The number of carbonyl (C=O) groups is 1. The summed E-state index contributed by atoms with van der Waals surface area (Å²) in [6.07, 6.45) is 4.88. The van der Waals surface area contributed by atoms with Crippen LogP contribution in [0, 0.1) is 0 Å². The molecule has 0 fully saturated rings. The zero-order chi connectivity index (χ0) is 16.2. The van der Waals surface area contributed by atoms with E-state index in [-0.39, 0.29) is 5.78 Å². The molecular formula is C18H15ClN2O2. The summed E-state index contributed by atoms with van der Waals surface area (Å²) in [5.74, 6) is 1.15. The van der Waals surface area contributed by atoms with Gasteiger partial charge in [0.25, 0.3) is 0 Å². The van der Waals surface area contributed by atoms with E-state index >= 15 is 0 Å². The molecule has 0 aliphatic rings. The highest BCUT2D eigenvalue weighted by atomic mass is 35.5. The summed E-state index contributed by atoms with van der Waals surface area (Å²) < 4.78 is 7.43. The number of carbonyl (C=O) groups excluding carboxylic acids is 1. The number of ketones is 1. The minimum Gasteiger partial charge on any atom is -0.457 e. The predicted molar refractivity (Wildman–Crippen MR) is 90.4 cm³/mol. The van der Waals surface area contributed by atoms with Gasteiger partial charge in [0.05, 0.1) is 0 Å². The van der Waals surface area contributed by atoms with Crippen molar-refractivity contribution >= 4 is 23.5 Å². The van der Waals surface area contributed by atoms with E-state index in [1.165, 1.54) is 6.08 Å². The first kappa shape index (κ1) is 15.3. The fourth-order valence-corrected chi connectivity index (χ4v) is 2.34. The van der Waals surface area contributed by atoms with E-state index in [1.54, 1.807) is 23.0 Å².